The standard InChI is InChI=1S/C19H33N/c1-2-3-4-5-6-7-8-9-11-16-19(17-20)18-14-12-10-13-15-18/h10,12-15,19H,2-9,11,16-17,20H2,1H3. The second-order valence-corrected chi connectivity index (χ2v) is 5.96. The van der Waals surface area contributed by atoms with Crippen molar-refractivity contribution in [2.45, 2.75) is 77.0 Å². The Labute approximate surface area is 126 Å². The molecule has 1 aromatic carbocycles. The van der Waals surface area contributed by atoms with Crippen LogP contribution in [0, 0.1) is 0 Å². The first kappa shape index (κ1) is 17.2. The van der Waals surface area contributed by atoms with Gasteiger partial charge in [0.05, 0.1) is 0 Å². The van der Waals surface area contributed by atoms with Crippen LogP contribution in [0.25, 0.3) is 0 Å². The highest BCUT2D eigenvalue weighted by Gasteiger charge is 2.08. The second kappa shape index (κ2) is 12.0. The van der Waals surface area contributed by atoms with E-state index in [4.69, 9.17) is 5.73 Å². The molecule has 1 aromatic rings. The Kier molecular flexibility index (Phi) is 10.3. The number of benzene rings is 1. The van der Waals surface area contributed by atoms with Crippen LogP contribution in [0.2, 0.25) is 0 Å². The molecule has 0 aliphatic heterocycles. The minimum Gasteiger partial charge on any atom is -0.330 e. The Hall–Kier alpha value is -0.820. The third kappa shape index (κ3) is 7.69. The van der Waals surface area contributed by atoms with Crippen molar-refractivity contribution in [1.82, 2.24) is 0 Å². The fourth-order valence-electron chi connectivity index (χ4n) is 2.85. The lowest BCUT2D eigenvalue weighted by Gasteiger charge is -2.14. The van der Waals surface area contributed by atoms with Gasteiger partial charge in [-0.3, -0.25) is 0 Å². The number of unbranched alkanes of at least 4 members (excludes halogenated alkanes) is 8. The normalized spacial score (nSPS) is 12.5. The van der Waals surface area contributed by atoms with Crippen molar-refractivity contribution in [3.05, 3.63) is 35.9 Å². The average Bonchev–Trinajstić information content (AvgIpc) is 2.50. The lowest BCUT2D eigenvalue weighted by atomic mass is 9.93. The molecule has 0 spiro atoms. The maximum Gasteiger partial charge on any atom is -0.000824 e. The predicted octanol–water partition coefficient (Wildman–Crippen LogP) is 5.65. The molecule has 1 nitrogen and oxygen atoms in total. The van der Waals surface area contributed by atoms with Crippen molar-refractivity contribution in [1.29, 1.82) is 0 Å². The first-order chi connectivity index (χ1) is 9.88. The van der Waals surface area contributed by atoms with E-state index in [1.54, 1.807) is 0 Å². The Morgan fingerprint density at radius 2 is 1.35 bits per heavy atom. The van der Waals surface area contributed by atoms with Crippen LogP contribution in [0.4, 0.5) is 0 Å². The summed E-state index contributed by atoms with van der Waals surface area (Å²) in [5.74, 6) is 0.556. The van der Waals surface area contributed by atoms with Gasteiger partial charge in [-0.25, -0.2) is 0 Å². The number of nitrogens with two attached hydrogens (primary N) is 1. The monoisotopic (exact) mass is 275 g/mol. The highest BCUT2D eigenvalue weighted by Crippen LogP contribution is 2.21. The summed E-state index contributed by atoms with van der Waals surface area (Å²) in [6.07, 6.45) is 13.8. The van der Waals surface area contributed by atoms with Gasteiger partial charge in [-0.05, 0) is 24.4 Å². The van der Waals surface area contributed by atoms with Crippen LogP contribution >= 0.6 is 0 Å². The zero-order valence-electron chi connectivity index (χ0n) is 13.3. The van der Waals surface area contributed by atoms with Gasteiger partial charge in [-0.15, -0.1) is 0 Å². The summed E-state index contributed by atoms with van der Waals surface area (Å²) in [5.41, 5.74) is 7.33. The van der Waals surface area contributed by atoms with E-state index in [0.717, 1.165) is 6.54 Å². The second-order valence-electron chi connectivity index (χ2n) is 5.96. The van der Waals surface area contributed by atoms with Crippen LogP contribution in [0.5, 0.6) is 0 Å². The Bertz CT molecular complexity index is 307. The molecule has 0 bridgehead atoms. The SMILES string of the molecule is CCCCCCCCCCCC(CN)c1ccccc1. The summed E-state index contributed by atoms with van der Waals surface area (Å²) in [5, 5.41) is 0. The summed E-state index contributed by atoms with van der Waals surface area (Å²) in [4.78, 5) is 0. The van der Waals surface area contributed by atoms with Gasteiger partial charge in [0.1, 0.15) is 0 Å². The third-order valence-electron chi connectivity index (χ3n) is 4.21. The van der Waals surface area contributed by atoms with Crippen molar-refractivity contribution in [2.24, 2.45) is 5.73 Å². The van der Waals surface area contributed by atoms with E-state index in [1.165, 1.54) is 69.8 Å². The molecule has 20 heavy (non-hydrogen) atoms. The van der Waals surface area contributed by atoms with Gasteiger partial charge < -0.3 is 5.73 Å². The smallest absolute Gasteiger partial charge is 0.000824 e. The van der Waals surface area contributed by atoms with E-state index in [-0.39, 0.29) is 0 Å². The molecule has 1 unspecified atom stereocenters. The predicted molar refractivity (Wildman–Crippen MR) is 90.1 cm³/mol. The van der Waals surface area contributed by atoms with Crippen LogP contribution in [0.15, 0.2) is 30.3 Å². The molecule has 0 saturated carbocycles. The van der Waals surface area contributed by atoms with Gasteiger partial charge in [0.15, 0.2) is 0 Å². The van der Waals surface area contributed by atoms with Crippen LogP contribution < -0.4 is 5.73 Å². The lowest BCUT2D eigenvalue weighted by molar-refractivity contribution is 0.529. The largest absolute Gasteiger partial charge is 0.330 e. The summed E-state index contributed by atoms with van der Waals surface area (Å²) in [6.45, 7) is 3.06. The number of hydrogen-bond donors (Lipinski definition) is 1. The van der Waals surface area contributed by atoms with Gasteiger partial charge >= 0.3 is 0 Å². The molecule has 0 aromatic heterocycles. The number of hydrogen-bond acceptors (Lipinski definition) is 1. The molecule has 0 fully saturated rings. The quantitative estimate of drug-likeness (QED) is 0.490. The van der Waals surface area contributed by atoms with Gasteiger partial charge in [0.25, 0.3) is 0 Å². The van der Waals surface area contributed by atoms with Crippen molar-refractivity contribution >= 4 is 0 Å². The minimum absolute atomic E-state index is 0.556. The highest BCUT2D eigenvalue weighted by molar-refractivity contribution is 5.19. The van der Waals surface area contributed by atoms with Gasteiger partial charge in [-0.1, -0.05) is 95.0 Å². The molecule has 0 amide bonds. The maximum absolute atomic E-state index is 5.91. The summed E-state index contributed by atoms with van der Waals surface area (Å²) < 4.78 is 0. The molecule has 1 rings (SSSR count). The number of rotatable bonds is 12. The van der Waals surface area contributed by atoms with Crippen molar-refractivity contribution < 1.29 is 0 Å². The van der Waals surface area contributed by atoms with Gasteiger partial charge in [-0.2, -0.15) is 0 Å². The van der Waals surface area contributed by atoms with E-state index in [1.807, 2.05) is 0 Å². The highest BCUT2D eigenvalue weighted by atomic mass is 14.5. The van der Waals surface area contributed by atoms with Crippen molar-refractivity contribution in [3.63, 3.8) is 0 Å². The zero-order chi connectivity index (χ0) is 14.5. The molecule has 0 aliphatic rings. The van der Waals surface area contributed by atoms with E-state index in [0.29, 0.717) is 5.92 Å². The summed E-state index contributed by atoms with van der Waals surface area (Å²) >= 11 is 0. The lowest BCUT2D eigenvalue weighted by Crippen LogP contribution is -2.12. The van der Waals surface area contributed by atoms with E-state index in [9.17, 15) is 0 Å². The molecular formula is C19H33N. The first-order valence-corrected chi connectivity index (χ1v) is 8.63. The fraction of sp³-hybridized carbons (Fsp3) is 0.684. The molecule has 114 valence electrons. The van der Waals surface area contributed by atoms with Gasteiger partial charge in [0.2, 0.25) is 0 Å². The van der Waals surface area contributed by atoms with Crippen molar-refractivity contribution in [2.75, 3.05) is 6.54 Å². The minimum atomic E-state index is 0.556. The Balaban J connectivity index is 2.02. The van der Waals surface area contributed by atoms with E-state index >= 15 is 0 Å². The van der Waals surface area contributed by atoms with Crippen LogP contribution in [0.3, 0.4) is 0 Å². The molecule has 1 atom stereocenters. The van der Waals surface area contributed by atoms with Crippen molar-refractivity contribution in [3.8, 4) is 0 Å². The molecule has 1 heteroatoms. The molecule has 0 heterocycles. The molecular weight excluding hydrogens is 242 g/mol. The zero-order valence-corrected chi connectivity index (χ0v) is 13.3. The topological polar surface area (TPSA) is 26.0 Å². The van der Waals surface area contributed by atoms with Crippen LogP contribution in [0.1, 0.15) is 82.6 Å². The van der Waals surface area contributed by atoms with E-state index < -0.39 is 0 Å². The molecule has 2 N–H and O–H groups in total. The third-order valence-corrected chi connectivity index (χ3v) is 4.21. The summed E-state index contributed by atoms with van der Waals surface area (Å²) in [7, 11) is 0. The first-order valence-electron chi connectivity index (χ1n) is 8.63. The van der Waals surface area contributed by atoms with Crippen LogP contribution in [-0.2, 0) is 0 Å². The molecule has 0 radical (unpaired) electrons. The van der Waals surface area contributed by atoms with E-state index in [2.05, 4.69) is 37.3 Å². The Morgan fingerprint density at radius 3 is 1.90 bits per heavy atom. The Morgan fingerprint density at radius 1 is 0.800 bits per heavy atom. The van der Waals surface area contributed by atoms with Crippen LogP contribution in [-0.4, -0.2) is 6.54 Å². The molecule has 0 aliphatic carbocycles. The molecule has 0 saturated heterocycles. The van der Waals surface area contributed by atoms with Gasteiger partial charge in [0, 0.05) is 0 Å². The fourth-order valence-corrected chi connectivity index (χ4v) is 2.85. The maximum atomic E-state index is 5.91. The average molecular weight is 275 g/mol. The summed E-state index contributed by atoms with van der Waals surface area (Å²) in [6, 6.07) is 10.7.